The summed E-state index contributed by atoms with van der Waals surface area (Å²) in [6.07, 6.45) is 1.93. The van der Waals surface area contributed by atoms with Gasteiger partial charge in [0.05, 0.1) is 4.92 Å². The van der Waals surface area contributed by atoms with Crippen molar-refractivity contribution in [1.82, 2.24) is 4.90 Å². The van der Waals surface area contributed by atoms with Gasteiger partial charge in [-0.05, 0) is 32.4 Å². The molecule has 1 N–H and O–H groups in total. The highest BCUT2D eigenvalue weighted by Gasteiger charge is 2.20. The summed E-state index contributed by atoms with van der Waals surface area (Å²) in [5, 5.41) is 14.1. The van der Waals surface area contributed by atoms with E-state index in [1.165, 1.54) is 6.07 Å². The number of nitro groups is 1. The molecule has 0 atom stereocenters. The highest BCUT2D eigenvalue weighted by atomic mass is 16.6. The Kier molecular flexibility index (Phi) is 6.65. The number of hydrogen-bond donors (Lipinski definition) is 1. The van der Waals surface area contributed by atoms with Crippen molar-refractivity contribution in [2.45, 2.75) is 33.6 Å². The molecule has 116 valence electrons. The van der Waals surface area contributed by atoms with Crippen LogP contribution in [0.4, 0.5) is 11.4 Å². The van der Waals surface area contributed by atoms with Crippen molar-refractivity contribution in [2.24, 2.45) is 0 Å². The molecule has 0 aliphatic heterocycles. The normalized spacial score (nSPS) is 10.2. The first-order valence-electron chi connectivity index (χ1n) is 7.36. The van der Waals surface area contributed by atoms with Gasteiger partial charge in [-0.3, -0.25) is 14.9 Å². The summed E-state index contributed by atoms with van der Waals surface area (Å²) in [4.78, 5) is 24.8. The van der Waals surface area contributed by atoms with E-state index in [9.17, 15) is 14.9 Å². The van der Waals surface area contributed by atoms with Crippen molar-refractivity contribution < 1.29 is 9.72 Å². The van der Waals surface area contributed by atoms with E-state index in [1.54, 1.807) is 17.0 Å². The van der Waals surface area contributed by atoms with E-state index in [1.807, 2.05) is 13.8 Å². The third kappa shape index (κ3) is 4.44. The Balaban J connectivity index is 3.04. The number of anilines is 1. The Hall–Kier alpha value is -2.11. The summed E-state index contributed by atoms with van der Waals surface area (Å²) in [7, 11) is 0. The van der Waals surface area contributed by atoms with E-state index in [4.69, 9.17) is 0 Å². The van der Waals surface area contributed by atoms with Crippen LogP contribution >= 0.6 is 0 Å². The van der Waals surface area contributed by atoms with Gasteiger partial charge < -0.3 is 10.2 Å². The maximum atomic E-state index is 12.4. The molecular formula is C15H23N3O3. The fraction of sp³-hybridized carbons (Fsp3) is 0.533. The van der Waals surface area contributed by atoms with Gasteiger partial charge in [-0.25, -0.2) is 0 Å². The minimum absolute atomic E-state index is 0.0609. The number of nitrogens with zero attached hydrogens (tertiary/aromatic N) is 2. The number of unbranched alkanes of at least 4 members (excludes halogenated alkanes) is 1. The predicted molar refractivity (Wildman–Crippen MR) is 83.7 cm³/mol. The standard InChI is InChI=1S/C15H23N3O3/c1-4-7-10-17(6-3)15(19)12-8-9-13(16-5-2)14(11-12)18(20)21/h8-9,11,16H,4-7,10H2,1-3H3. The molecule has 0 spiro atoms. The zero-order valence-electron chi connectivity index (χ0n) is 12.9. The lowest BCUT2D eigenvalue weighted by molar-refractivity contribution is -0.384. The monoisotopic (exact) mass is 293 g/mol. The van der Waals surface area contributed by atoms with Crippen LogP contribution in [0.3, 0.4) is 0 Å². The number of rotatable bonds is 8. The molecule has 0 bridgehead atoms. The number of hydrogen-bond acceptors (Lipinski definition) is 4. The lowest BCUT2D eigenvalue weighted by Crippen LogP contribution is -2.31. The summed E-state index contributed by atoms with van der Waals surface area (Å²) in [5.74, 6) is -0.155. The van der Waals surface area contributed by atoms with Gasteiger partial charge in [0.25, 0.3) is 11.6 Å². The molecule has 0 aliphatic carbocycles. The van der Waals surface area contributed by atoms with Crippen LogP contribution in [0.15, 0.2) is 18.2 Å². The Bertz CT molecular complexity index is 503. The molecule has 1 amide bonds. The van der Waals surface area contributed by atoms with E-state index < -0.39 is 4.92 Å². The number of nitrogens with one attached hydrogen (secondary N) is 1. The van der Waals surface area contributed by atoms with E-state index in [-0.39, 0.29) is 11.6 Å². The van der Waals surface area contributed by atoms with E-state index >= 15 is 0 Å². The lowest BCUT2D eigenvalue weighted by atomic mass is 10.1. The van der Waals surface area contributed by atoms with E-state index in [2.05, 4.69) is 12.2 Å². The van der Waals surface area contributed by atoms with Gasteiger partial charge in [0.15, 0.2) is 0 Å². The molecule has 0 saturated carbocycles. The van der Waals surface area contributed by atoms with Gasteiger partial charge in [0.2, 0.25) is 0 Å². The second-order valence-electron chi connectivity index (χ2n) is 4.76. The lowest BCUT2D eigenvalue weighted by Gasteiger charge is -2.20. The summed E-state index contributed by atoms with van der Waals surface area (Å²) >= 11 is 0. The van der Waals surface area contributed by atoms with Crippen LogP contribution in [-0.2, 0) is 0 Å². The molecule has 6 nitrogen and oxygen atoms in total. The summed E-state index contributed by atoms with van der Waals surface area (Å²) < 4.78 is 0. The predicted octanol–water partition coefficient (Wildman–Crippen LogP) is 3.29. The number of carbonyl (C=O) groups is 1. The third-order valence-corrected chi connectivity index (χ3v) is 3.26. The van der Waals surface area contributed by atoms with Gasteiger partial charge in [-0.2, -0.15) is 0 Å². The molecular weight excluding hydrogens is 270 g/mol. The average molecular weight is 293 g/mol. The van der Waals surface area contributed by atoms with Gasteiger partial charge >= 0.3 is 0 Å². The van der Waals surface area contributed by atoms with Crippen LogP contribution in [0.5, 0.6) is 0 Å². The van der Waals surface area contributed by atoms with Gasteiger partial charge in [0, 0.05) is 31.3 Å². The highest BCUT2D eigenvalue weighted by Crippen LogP contribution is 2.26. The third-order valence-electron chi connectivity index (χ3n) is 3.26. The Morgan fingerprint density at radius 1 is 1.33 bits per heavy atom. The van der Waals surface area contributed by atoms with Crippen LogP contribution in [0, 0.1) is 10.1 Å². The minimum Gasteiger partial charge on any atom is -0.380 e. The largest absolute Gasteiger partial charge is 0.380 e. The Labute approximate surface area is 125 Å². The second kappa shape index (κ2) is 8.24. The van der Waals surface area contributed by atoms with Crippen molar-refractivity contribution >= 4 is 17.3 Å². The summed E-state index contributed by atoms with van der Waals surface area (Å²) in [6, 6.07) is 4.60. The number of nitro benzene ring substituents is 1. The fourth-order valence-electron chi connectivity index (χ4n) is 2.09. The SMILES string of the molecule is CCCCN(CC)C(=O)c1ccc(NCC)c([N+](=O)[O-])c1. The molecule has 0 saturated heterocycles. The number of carbonyl (C=O) groups excluding carboxylic acids is 1. The van der Waals surface area contributed by atoms with Crippen molar-refractivity contribution in [2.75, 3.05) is 25.0 Å². The topological polar surface area (TPSA) is 75.5 Å². The molecule has 0 fully saturated rings. The van der Waals surface area contributed by atoms with Crippen molar-refractivity contribution in [3.8, 4) is 0 Å². The molecule has 0 aromatic heterocycles. The molecule has 1 aromatic carbocycles. The molecule has 21 heavy (non-hydrogen) atoms. The van der Waals surface area contributed by atoms with E-state index in [0.29, 0.717) is 30.9 Å². The Morgan fingerprint density at radius 3 is 2.57 bits per heavy atom. The first-order valence-corrected chi connectivity index (χ1v) is 7.36. The smallest absolute Gasteiger partial charge is 0.293 e. The second-order valence-corrected chi connectivity index (χ2v) is 4.76. The number of amides is 1. The molecule has 0 aliphatic rings. The van der Waals surface area contributed by atoms with Crippen molar-refractivity contribution in [3.05, 3.63) is 33.9 Å². The van der Waals surface area contributed by atoms with E-state index in [0.717, 1.165) is 12.8 Å². The highest BCUT2D eigenvalue weighted by molar-refractivity contribution is 5.95. The van der Waals surface area contributed by atoms with Crippen LogP contribution in [0.1, 0.15) is 44.0 Å². The maximum absolute atomic E-state index is 12.4. The molecule has 0 unspecified atom stereocenters. The summed E-state index contributed by atoms with van der Waals surface area (Å²) in [6.45, 7) is 7.71. The van der Waals surface area contributed by atoms with Crippen molar-refractivity contribution in [1.29, 1.82) is 0 Å². The molecule has 1 aromatic rings. The average Bonchev–Trinajstić information content (AvgIpc) is 2.48. The molecule has 1 rings (SSSR count). The van der Waals surface area contributed by atoms with Gasteiger partial charge in [-0.15, -0.1) is 0 Å². The van der Waals surface area contributed by atoms with Crippen LogP contribution in [0.2, 0.25) is 0 Å². The zero-order valence-corrected chi connectivity index (χ0v) is 12.9. The summed E-state index contributed by atoms with van der Waals surface area (Å²) in [5.41, 5.74) is 0.742. The Morgan fingerprint density at radius 2 is 2.05 bits per heavy atom. The minimum atomic E-state index is -0.461. The molecule has 6 heteroatoms. The first-order chi connectivity index (χ1) is 10.0. The quantitative estimate of drug-likeness (QED) is 0.589. The van der Waals surface area contributed by atoms with Crippen LogP contribution in [-0.4, -0.2) is 35.4 Å². The molecule has 0 heterocycles. The van der Waals surface area contributed by atoms with Gasteiger partial charge in [-0.1, -0.05) is 13.3 Å². The fourth-order valence-corrected chi connectivity index (χ4v) is 2.09. The van der Waals surface area contributed by atoms with Gasteiger partial charge in [0.1, 0.15) is 5.69 Å². The van der Waals surface area contributed by atoms with Crippen LogP contribution < -0.4 is 5.32 Å². The zero-order chi connectivity index (χ0) is 15.8. The first kappa shape index (κ1) is 16.9. The van der Waals surface area contributed by atoms with Crippen molar-refractivity contribution in [3.63, 3.8) is 0 Å². The van der Waals surface area contributed by atoms with Crippen LogP contribution in [0.25, 0.3) is 0 Å². The molecule has 0 radical (unpaired) electrons. The number of benzene rings is 1. The maximum Gasteiger partial charge on any atom is 0.293 e.